The molecule has 0 saturated heterocycles. The highest BCUT2D eigenvalue weighted by molar-refractivity contribution is 7.60. The van der Waals surface area contributed by atoms with E-state index in [1.165, 1.54) is 18.2 Å². The summed E-state index contributed by atoms with van der Waals surface area (Å²) in [6, 6.07) is 16.4. The number of benzene rings is 3. The third-order valence-corrected chi connectivity index (χ3v) is 5.57. The molecule has 0 spiro atoms. The molecule has 0 aliphatic heterocycles. The van der Waals surface area contributed by atoms with Gasteiger partial charge in [-0.25, -0.2) is 9.13 Å². The molecule has 1 atom stereocenters. The Morgan fingerprint density at radius 1 is 0.808 bits per heavy atom. The minimum absolute atomic E-state index is 0.121. The standard InChI is InChI=1S/C16H14O8P2/c17-12-8-9-16(23-26(21,22)24-25(18,19)20)15(10-12)14-7-3-5-11-4-1-2-6-13(11)14/h1-10,17H,(H,21,22)(H2,18,19,20). The van der Waals surface area contributed by atoms with E-state index in [0.717, 1.165) is 10.8 Å². The summed E-state index contributed by atoms with van der Waals surface area (Å²) >= 11 is 0. The van der Waals surface area contributed by atoms with Gasteiger partial charge in [0.05, 0.1) is 0 Å². The van der Waals surface area contributed by atoms with Crippen molar-refractivity contribution < 1.29 is 37.8 Å². The number of hydrogen-bond acceptors (Lipinski definition) is 5. The van der Waals surface area contributed by atoms with Crippen LogP contribution in [-0.4, -0.2) is 19.8 Å². The highest BCUT2D eigenvalue weighted by atomic mass is 31.3. The van der Waals surface area contributed by atoms with Crippen molar-refractivity contribution in [2.45, 2.75) is 0 Å². The summed E-state index contributed by atoms with van der Waals surface area (Å²) in [4.78, 5) is 27.1. The van der Waals surface area contributed by atoms with Crippen molar-refractivity contribution in [2.24, 2.45) is 0 Å². The number of aromatic hydroxyl groups is 1. The van der Waals surface area contributed by atoms with Gasteiger partial charge in [0, 0.05) is 5.56 Å². The third-order valence-electron chi connectivity index (χ3n) is 3.47. The third kappa shape index (κ3) is 4.31. The van der Waals surface area contributed by atoms with Crippen LogP contribution in [0.4, 0.5) is 0 Å². The van der Waals surface area contributed by atoms with Crippen LogP contribution in [0.2, 0.25) is 0 Å². The summed E-state index contributed by atoms with van der Waals surface area (Å²) in [6.07, 6.45) is 0. The Morgan fingerprint density at radius 3 is 2.23 bits per heavy atom. The van der Waals surface area contributed by atoms with Crippen LogP contribution in [0.5, 0.6) is 11.5 Å². The molecule has 0 aliphatic rings. The molecular weight excluding hydrogens is 382 g/mol. The smallest absolute Gasteiger partial charge is 0.508 e. The second kappa shape index (κ2) is 6.85. The minimum Gasteiger partial charge on any atom is -0.508 e. The van der Waals surface area contributed by atoms with Gasteiger partial charge in [-0.2, -0.15) is 4.31 Å². The Bertz CT molecular complexity index is 1050. The molecule has 3 rings (SSSR count). The van der Waals surface area contributed by atoms with E-state index in [-0.39, 0.29) is 17.1 Å². The fraction of sp³-hybridized carbons (Fsp3) is 0. The largest absolute Gasteiger partial charge is 0.536 e. The lowest BCUT2D eigenvalue weighted by Crippen LogP contribution is -1.97. The molecule has 4 N–H and O–H groups in total. The van der Waals surface area contributed by atoms with Gasteiger partial charge >= 0.3 is 15.6 Å². The first-order valence-corrected chi connectivity index (χ1v) is 10.3. The van der Waals surface area contributed by atoms with Crippen molar-refractivity contribution in [3.05, 3.63) is 60.7 Å². The van der Waals surface area contributed by atoms with Gasteiger partial charge in [-0.05, 0) is 34.5 Å². The lowest BCUT2D eigenvalue weighted by molar-refractivity contribution is 0.229. The highest BCUT2D eigenvalue weighted by Crippen LogP contribution is 2.58. The van der Waals surface area contributed by atoms with E-state index in [9.17, 15) is 19.1 Å². The Labute approximate surface area is 148 Å². The van der Waals surface area contributed by atoms with Crippen LogP contribution in [-0.2, 0) is 13.4 Å². The first-order chi connectivity index (χ1) is 12.1. The van der Waals surface area contributed by atoms with E-state index in [4.69, 9.17) is 14.3 Å². The summed E-state index contributed by atoms with van der Waals surface area (Å²) in [5.41, 5.74) is 0.843. The molecule has 8 nitrogen and oxygen atoms in total. The Hall–Kier alpha value is -2.18. The van der Waals surface area contributed by atoms with Gasteiger partial charge in [0.15, 0.2) is 0 Å². The van der Waals surface area contributed by atoms with E-state index < -0.39 is 15.6 Å². The predicted octanol–water partition coefficient (Wildman–Crippen LogP) is 3.80. The van der Waals surface area contributed by atoms with Crippen molar-refractivity contribution in [1.29, 1.82) is 0 Å². The lowest BCUT2D eigenvalue weighted by Gasteiger charge is -2.17. The van der Waals surface area contributed by atoms with Crippen molar-refractivity contribution in [3.63, 3.8) is 0 Å². The molecule has 0 radical (unpaired) electrons. The second-order valence-electron chi connectivity index (χ2n) is 5.34. The van der Waals surface area contributed by atoms with Crippen LogP contribution < -0.4 is 4.52 Å². The summed E-state index contributed by atoms with van der Waals surface area (Å²) in [5, 5.41) is 11.5. The van der Waals surface area contributed by atoms with Crippen molar-refractivity contribution in [1.82, 2.24) is 0 Å². The lowest BCUT2D eigenvalue weighted by atomic mass is 9.97. The maximum atomic E-state index is 11.9. The fourth-order valence-electron chi connectivity index (χ4n) is 2.54. The van der Waals surface area contributed by atoms with Crippen LogP contribution in [0, 0.1) is 0 Å². The number of phenols is 1. The quantitative estimate of drug-likeness (QED) is 0.479. The molecule has 0 saturated carbocycles. The van der Waals surface area contributed by atoms with E-state index in [1.54, 1.807) is 12.1 Å². The number of rotatable bonds is 5. The SMILES string of the molecule is O=P(O)(O)OP(=O)(O)Oc1ccc(O)cc1-c1cccc2ccccc12. The molecule has 10 heteroatoms. The van der Waals surface area contributed by atoms with Gasteiger partial charge in [0.25, 0.3) is 0 Å². The van der Waals surface area contributed by atoms with Crippen LogP contribution >= 0.6 is 15.6 Å². The molecule has 0 aliphatic carbocycles. The van der Waals surface area contributed by atoms with Crippen molar-refractivity contribution in [2.75, 3.05) is 0 Å². The van der Waals surface area contributed by atoms with Gasteiger partial charge < -0.3 is 19.4 Å². The van der Waals surface area contributed by atoms with E-state index in [2.05, 4.69) is 4.31 Å². The Morgan fingerprint density at radius 2 is 1.50 bits per heavy atom. The van der Waals surface area contributed by atoms with Gasteiger partial charge in [0.2, 0.25) is 0 Å². The molecular formula is C16H14O8P2. The zero-order valence-electron chi connectivity index (χ0n) is 13.1. The monoisotopic (exact) mass is 396 g/mol. The zero-order valence-corrected chi connectivity index (χ0v) is 14.9. The molecule has 0 amide bonds. The fourth-order valence-corrected chi connectivity index (χ4v) is 4.16. The number of phenolic OH excluding ortho intramolecular Hbond substituents is 1. The van der Waals surface area contributed by atoms with E-state index in [1.807, 2.05) is 30.3 Å². The average molecular weight is 396 g/mol. The predicted molar refractivity (Wildman–Crippen MR) is 94.6 cm³/mol. The minimum atomic E-state index is -5.25. The Kier molecular flexibility index (Phi) is 4.90. The van der Waals surface area contributed by atoms with Gasteiger partial charge in [-0.15, -0.1) is 0 Å². The van der Waals surface area contributed by atoms with Gasteiger partial charge in [0.1, 0.15) is 11.5 Å². The number of fused-ring (bicyclic) bond motifs is 1. The molecule has 0 heterocycles. The van der Waals surface area contributed by atoms with E-state index >= 15 is 0 Å². The van der Waals surface area contributed by atoms with Crippen LogP contribution in [0.3, 0.4) is 0 Å². The number of hydrogen-bond donors (Lipinski definition) is 4. The maximum absolute atomic E-state index is 11.9. The first kappa shape index (κ1) is 18.6. The average Bonchev–Trinajstić information content (AvgIpc) is 2.53. The molecule has 26 heavy (non-hydrogen) atoms. The summed E-state index contributed by atoms with van der Waals surface area (Å²) in [5.74, 6) is -0.303. The zero-order chi connectivity index (χ0) is 18.9. The Balaban J connectivity index is 2.12. The number of phosphoric ester groups is 1. The molecule has 136 valence electrons. The first-order valence-electron chi connectivity index (χ1n) is 7.25. The molecule has 3 aromatic carbocycles. The molecule has 3 aromatic rings. The summed E-state index contributed by atoms with van der Waals surface area (Å²) in [7, 11) is -10.4. The van der Waals surface area contributed by atoms with Gasteiger partial charge in [-0.1, -0.05) is 42.5 Å². The second-order valence-corrected chi connectivity index (χ2v) is 8.09. The molecule has 0 fully saturated rings. The van der Waals surface area contributed by atoms with E-state index in [0.29, 0.717) is 5.56 Å². The van der Waals surface area contributed by atoms with Crippen LogP contribution in [0.15, 0.2) is 60.7 Å². The number of phosphoric acid groups is 2. The van der Waals surface area contributed by atoms with Crippen molar-refractivity contribution >= 4 is 26.4 Å². The van der Waals surface area contributed by atoms with Crippen molar-refractivity contribution in [3.8, 4) is 22.6 Å². The highest BCUT2D eigenvalue weighted by Gasteiger charge is 2.34. The topological polar surface area (TPSA) is 134 Å². The molecule has 0 aromatic heterocycles. The normalized spacial score (nSPS) is 14.1. The maximum Gasteiger partial charge on any atom is 0.536 e. The van der Waals surface area contributed by atoms with Crippen LogP contribution in [0.25, 0.3) is 21.9 Å². The molecule has 0 bridgehead atoms. The molecule has 1 unspecified atom stereocenters. The van der Waals surface area contributed by atoms with Crippen LogP contribution in [0.1, 0.15) is 0 Å². The summed E-state index contributed by atoms with van der Waals surface area (Å²) < 4.78 is 31.4. The summed E-state index contributed by atoms with van der Waals surface area (Å²) in [6.45, 7) is 0. The van der Waals surface area contributed by atoms with Gasteiger partial charge in [-0.3, -0.25) is 4.89 Å².